The zero-order chi connectivity index (χ0) is 9.14. The fourth-order valence-corrected chi connectivity index (χ4v) is 1.30. The van der Waals surface area contributed by atoms with Gasteiger partial charge >= 0.3 is 0 Å². The van der Waals surface area contributed by atoms with Gasteiger partial charge in [-0.1, -0.05) is 0 Å². The monoisotopic (exact) mass is 173 g/mol. The molecule has 0 spiro atoms. The number of hydrogen-bond acceptors (Lipinski definition) is 4. The molecule has 5 nitrogen and oxygen atoms in total. The van der Waals surface area contributed by atoms with Crippen molar-refractivity contribution < 1.29 is 15.0 Å². The zero-order valence-electron chi connectivity index (χ0n) is 6.73. The first-order chi connectivity index (χ1) is 5.66. The summed E-state index contributed by atoms with van der Waals surface area (Å²) in [4.78, 5) is 12.3. The quantitative estimate of drug-likeness (QED) is 0.448. The standard InChI is InChI=1S/C7H13N2O3/c1-5(11)9-6(4-10)2-8-3-7(9)12/h5-6,8,10-11H,1-4H2. The van der Waals surface area contributed by atoms with Crippen LogP contribution in [-0.2, 0) is 4.79 Å². The lowest BCUT2D eigenvalue weighted by Crippen LogP contribution is -2.59. The van der Waals surface area contributed by atoms with Crippen LogP contribution in [0.5, 0.6) is 0 Å². The van der Waals surface area contributed by atoms with Gasteiger partial charge in [0.25, 0.3) is 0 Å². The second-order valence-corrected chi connectivity index (χ2v) is 2.75. The van der Waals surface area contributed by atoms with Gasteiger partial charge in [-0.3, -0.25) is 4.79 Å². The van der Waals surface area contributed by atoms with E-state index in [9.17, 15) is 4.79 Å². The summed E-state index contributed by atoms with van der Waals surface area (Å²) in [5.74, 6) is -0.234. The van der Waals surface area contributed by atoms with Gasteiger partial charge in [0.15, 0.2) is 0 Å². The van der Waals surface area contributed by atoms with Crippen molar-refractivity contribution in [1.29, 1.82) is 0 Å². The first-order valence-corrected chi connectivity index (χ1v) is 3.80. The van der Waals surface area contributed by atoms with E-state index in [0.29, 0.717) is 6.54 Å². The normalized spacial score (nSPS) is 27.4. The van der Waals surface area contributed by atoms with Gasteiger partial charge in [0.2, 0.25) is 5.91 Å². The molecule has 3 N–H and O–H groups in total. The van der Waals surface area contributed by atoms with Crippen LogP contribution in [0.15, 0.2) is 0 Å². The molecule has 1 rings (SSSR count). The molecular formula is C7H13N2O3. The molecule has 5 heteroatoms. The molecule has 2 unspecified atom stereocenters. The van der Waals surface area contributed by atoms with Gasteiger partial charge in [0.1, 0.15) is 6.23 Å². The minimum absolute atomic E-state index is 0.161. The third kappa shape index (κ3) is 1.74. The van der Waals surface area contributed by atoms with Gasteiger partial charge in [0, 0.05) is 6.54 Å². The van der Waals surface area contributed by atoms with Gasteiger partial charge < -0.3 is 20.4 Å². The molecule has 1 aliphatic rings. The number of rotatable bonds is 2. The van der Waals surface area contributed by atoms with E-state index >= 15 is 0 Å². The molecule has 12 heavy (non-hydrogen) atoms. The lowest BCUT2D eigenvalue weighted by Gasteiger charge is -2.36. The van der Waals surface area contributed by atoms with Crippen molar-refractivity contribution in [3.05, 3.63) is 6.92 Å². The minimum Gasteiger partial charge on any atom is -0.394 e. The van der Waals surface area contributed by atoms with Crippen LogP contribution in [-0.4, -0.2) is 53.0 Å². The maximum atomic E-state index is 11.2. The van der Waals surface area contributed by atoms with E-state index in [2.05, 4.69) is 12.2 Å². The summed E-state index contributed by atoms with van der Waals surface area (Å²) in [5, 5.41) is 20.8. The molecule has 1 amide bonds. The Balaban J connectivity index is 2.66. The topological polar surface area (TPSA) is 72.8 Å². The molecule has 0 aromatic heterocycles. The van der Waals surface area contributed by atoms with E-state index in [1.807, 2.05) is 0 Å². The summed E-state index contributed by atoms with van der Waals surface area (Å²) in [6.45, 7) is 3.86. The second kappa shape index (κ2) is 3.84. The number of piperazine rings is 1. The van der Waals surface area contributed by atoms with Crippen molar-refractivity contribution in [2.75, 3.05) is 19.7 Å². The van der Waals surface area contributed by atoms with Crippen LogP contribution < -0.4 is 5.32 Å². The van der Waals surface area contributed by atoms with Crippen LogP contribution in [0.2, 0.25) is 0 Å². The van der Waals surface area contributed by atoms with E-state index in [1.165, 1.54) is 4.90 Å². The van der Waals surface area contributed by atoms with Crippen LogP contribution in [0.4, 0.5) is 0 Å². The number of nitrogens with zero attached hydrogens (tertiary/aromatic N) is 1. The molecule has 2 atom stereocenters. The second-order valence-electron chi connectivity index (χ2n) is 2.75. The highest BCUT2D eigenvalue weighted by Crippen LogP contribution is 2.06. The van der Waals surface area contributed by atoms with Crippen molar-refractivity contribution >= 4 is 5.91 Å². The predicted octanol–water partition coefficient (Wildman–Crippen LogP) is -2.07. The van der Waals surface area contributed by atoms with Crippen LogP contribution in [0.1, 0.15) is 0 Å². The fraction of sp³-hybridized carbons (Fsp3) is 0.714. The minimum atomic E-state index is -1.07. The Morgan fingerprint density at radius 2 is 2.50 bits per heavy atom. The number of hydrogen-bond donors (Lipinski definition) is 3. The van der Waals surface area contributed by atoms with Gasteiger partial charge in [-0.15, -0.1) is 0 Å². The molecule has 0 saturated carbocycles. The molecule has 0 aromatic carbocycles. The van der Waals surface area contributed by atoms with Crippen molar-refractivity contribution in [3.8, 4) is 0 Å². The highest BCUT2D eigenvalue weighted by atomic mass is 16.3. The molecule has 1 aliphatic heterocycles. The Morgan fingerprint density at radius 3 is 2.92 bits per heavy atom. The van der Waals surface area contributed by atoms with E-state index in [0.717, 1.165) is 0 Å². The molecule has 1 radical (unpaired) electrons. The maximum absolute atomic E-state index is 11.2. The van der Waals surface area contributed by atoms with Gasteiger partial charge in [-0.25, -0.2) is 0 Å². The van der Waals surface area contributed by atoms with Crippen LogP contribution >= 0.6 is 0 Å². The van der Waals surface area contributed by atoms with Crippen molar-refractivity contribution in [1.82, 2.24) is 10.2 Å². The van der Waals surface area contributed by atoms with Crippen LogP contribution in [0.25, 0.3) is 0 Å². The SMILES string of the molecule is [CH2]C(O)N1C(=O)CNCC1CO. The number of amides is 1. The molecular weight excluding hydrogens is 160 g/mol. The molecule has 0 bridgehead atoms. The van der Waals surface area contributed by atoms with Crippen molar-refractivity contribution in [3.63, 3.8) is 0 Å². The molecule has 1 fully saturated rings. The van der Waals surface area contributed by atoms with Crippen LogP contribution in [0, 0.1) is 6.92 Å². The molecule has 0 aliphatic carbocycles. The summed E-state index contributed by atoms with van der Waals surface area (Å²) in [7, 11) is 0. The third-order valence-electron chi connectivity index (χ3n) is 1.87. The number of aliphatic hydroxyl groups excluding tert-OH is 2. The first kappa shape index (κ1) is 9.44. The molecule has 1 heterocycles. The van der Waals surface area contributed by atoms with Gasteiger partial charge in [-0.2, -0.15) is 0 Å². The molecule has 69 valence electrons. The Hall–Kier alpha value is -0.650. The summed E-state index contributed by atoms with van der Waals surface area (Å²) in [6.07, 6.45) is -1.07. The largest absolute Gasteiger partial charge is 0.394 e. The molecule has 0 aromatic rings. The predicted molar refractivity (Wildman–Crippen MR) is 42.0 cm³/mol. The highest BCUT2D eigenvalue weighted by molar-refractivity contribution is 5.79. The maximum Gasteiger partial charge on any atom is 0.238 e. The summed E-state index contributed by atoms with van der Waals surface area (Å²) >= 11 is 0. The van der Waals surface area contributed by atoms with Crippen molar-refractivity contribution in [2.45, 2.75) is 12.3 Å². The number of nitrogens with one attached hydrogen (secondary N) is 1. The molecule has 1 saturated heterocycles. The van der Waals surface area contributed by atoms with E-state index in [1.54, 1.807) is 0 Å². The number of carbonyl (C=O) groups excluding carboxylic acids is 1. The Kier molecular flexibility index (Phi) is 3.02. The lowest BCUT2D eigenvalue weighted by atomic mass is 10.2. The smallest absolute Gasteiger partial charge is 0.238 e. The zero-order valence-corrected chi connectivity index (χ0v) is 6.73. The van der Waals surface area contributed by atoms with E-state index in [-0.39, 0.29) is 25.1 Å². The average Bonchev–Trinajstić information content (AvgIpc) is 2.03. The fourth-order valence-electron chi connectivity index (χ4n) is 1.30. The van der Waals surface area contributed by atoms with Gasteiger partial charge in [0.05, 0.1) is 19.2 Å². The summed E-state index contributed by atoms with van der Waals surface area (Å²) in [5.41, 5.74) is 0. The van der Waals surface area contributed by atoms with E-state index in [4.69, 9.17) is 10.2 Å². The van der Waals surface area contributed by atoms with Gasteiger partial charge in [-0.05, 0) is 6.92 Å². The Labute approximate surface area is 71.0 Å². The number of aliphatic hydroxyl groups is 2. The Bertz CT molecular complexity index is 172. The average molecular weight is 173 g/mol. The third-order valence-corrected chi connectivity index (χ3v) is 1.87. The lowest BCUT2D eigenvalue weighted by molar-refractivity contribution is -0.146. The number of carbonyl (C=O) groups is 1. The highest BCUT2D eigenvalue weighted by Gasteiger charge is 2.29. The van der Waals surface area contributed by atoms with Crippen molar-refractivity contribution in [2.24, 2.45) is 0 Å². The first-order valence-electron chi connectivity index (χ1n) is 3.80. The summed E-state index contributed by atoms with van der Waals surface area (Å²) in [6, 6.07) is -0.362. The van der Waals surface area contributed by atoms with E-state index < -0.39 is 6.23 Å². The Morgan fingerprint density at radius 1 is 1.83 bits per heavy atom. The van der Waals surface area contributed by atoms with Crippen LogP contribution in [0.3, 0.4) is 0 Å². The summed E-state index contributed by atoms with van der Waals surface area (Å²) < 4.78 is 0.